The number of Topliss-reactive ketones (excluding diaryl/α,β-unsaturated/α-hetero) is 1. The van der Waals surface area contributed by atoms with Crippen LogP contribution in [0.25, 0.3) is 0 Å². The molecule has 1 unspecified atom stereocenters. The number of rotatable bonds is 5. The van der Waals surface area contributed by atoms with Gasteiger partial charge in [0.05, 0.1) is 5.69 Å². The number of carbonyl (C=O) groups is 2. The maximum Gasteiger partial charge on any atom is 0.258 e. The molecule has 0 radical (unpaired) electrons. The number of para-hydroxylation sites is 1. The minimum absolute atomic E-state index is 0.358. The van der Waals surface area contributed by atoms with Crippen LogP contribution in [0.2, 0.25) is 0 Å². The summed E-state index contributed by atoms with van der Waals surface area (Å²) in [5.41, 5.74) is 1.21. The fourth-order valence-electron chi connectivity index (χ4n) is 1.67. The minimum Gasteiger partial charge on any atom is -0.324 e. The van der Waals surface area contributed by atoms with Crippen LogP contribution in [-0.2, 0) is 9.59 Å². The Bertz CT molecular complexity index is 642. The van der Waals surface area contributed by atoms with Crippen molar-refractivity contribution in [3.8, 4) is 0 Å². The van der Waals surface area contributed by atoms with E-state index < -0.39 is 11.9 Å². The van der Waals surface area contributed by atoms with Crippen molar-refractivity contribution in [3.05, 3.63) is 60.7 Å². The van der Waals surface area contributed by atoms with Gasteiger partial charge in [-0.05, 0) is 31.2 Å². The quantitative estimate of drug-likeness (QED) is 0.417. The third kappa shape index (κ3) is 14.9. The molecule has 0 heterocycles. The Morgan fingerprint density at radius 1 is 0.724 bits per heavy atom. The molecule has 0 fully saturated rings. The van der Waals surface area contributed by atoms with Gasteiger partial charge in [-0.25, -0.2) is 0 Å². The molecule has 2 aromatic rings. The van der Waals surface area contributed by atoms with Crippen LogP contribution in [0.5, 0.6) is 0 Å². The molecule has 0 aliphatic rings. The summed E-state index contributed by atoms with van der Waals surface area (Å²) in [4.78, 5) is 23.7. The molecule has 1 atom stereocenters. The number of hydrogen-bond donors (Lipinski definition) is 1. The first-order valence-electron chi connectivity index (χ1n) is 10.5. The van der Waals surface area contributed by atoms with Crippen molar-refractivity contribution >= 4 is 23.1 Å². The molecule has 2 aromatic carbocycles. The molecule has 0 aromatic heterocycles. The van der Waals surface area contributed by atoms with E-state index in [9.17, 15) is 9.59 Å². The van der Waals surface area contributed by atoms with Crippen LogP contribution >= 0.6 is 0 Å². The Balaban J connectivity index is -0.000000754. The van der Waals surface area contributed by atoms with Gasteiger partial charge in [-0.1, -0.05) is 91.8 Å². The summed E-state index contributed by atoms with van der Waals surface area (Å²) in [6.45, 7) is 17.3. The standard InChI is InChI=1S/C16H15N3O2.4C2H6/c1-12(20)15(19-18-14-10-6-3-7-11-14)16(21)17-13-8-4-2-5-9-13;4*1-2/h2-11,15H,1H3,(H,17,21);4*1-2H3. The van der Waals surface area contributed by atoms with E-state index in [1.807, 2.05) is 67.5 Å². The fraction of sp³-hybridized carbons (Fsp3) is 0.417. The lowest BCUT2D eigenvalue weighted by atomic mass is 10.2. The second kappa shape index (κ2) is 23.2. The number of amides is 1. The molecule has 5 nitrogen and oxygen atoms in total. The van der Waals surface area contributed by atoms with Crippen molar-refractivity contribution in [2.24, 2.45) is 10.2 Å². The van der Waals surface area contributed by atoms with E-state index in [2.05, 4.69) is 15.5 Å². The number of anilines is 1. The third-order valence-corrected chi connectivity index (χ3v) is 2.72. The average Bonchev–Trinajstić information content (AvgIpc) is 2.80. The van der Waals surface area contributed by atoms with E-state index in [0.717, 1.165) is 0 Å². The molecular formula is C24H39N3O2. The Morgan fingerprint density at radius 3 is 1.55 bits per heavy atom. The molecule has 0 aliphatic heterocycles. The summed E-state index contributed by atoms with van der Waals surface area (Å²) in [6, 6.07) is 16.7. The Kier molecular flexibility index (Phi) is 24.7. The van der Waals surface area contributed by atoms with E-state index >= 15 is 0 Å². The minimum atomic E-state index is -1.15. The van der Waals surface area contributed by atoms with Crippen LogP contribution in [0.15, 0.2) is 70.9 Å². The monoisotopic (exact) mass is 401 g/mol. The SMILES string of the molecule is CC.CC.CC.CC.CC(=O)C(N=Nc1ccccc1)C(=O)Nc1ccccc1. The molecule has 0 bridgehead atoms. The fourth-order valence-corrected chi connectivity index (χ4v) is 1.67. The molecule has 0 saturated carbocycles. The van der Waals surface area contributed by atoms with Crippen LogP contribution < -0.4 is 5.32 Å². The number of ketones is 1. The van der Waals surface area contributed by atoms with Crippen LogP contribution in [0.1, 0.15) is 62.3 Å². The lowest BCUT2D eigenvalue weighted by Gasteiger charge is -2.09. The zero-order valence-electron chi connectivity index (χ0n) is 19.6. The van der Waals surface area contributed by atoms with Gasteiger partial charge in [0, 0.05) is 5.69 Å². The number of carbonyl (C=O) groups excluding carboxylic acids is 2. The van der Waals surface area contributed by atoms with Crippen LogP contribution in [0.3, 0.4) is 0 Å². The number of nitrogens with zero attached hydrogens (tertiary/aromatic N) is 2. The average molecular weight is 402 g/mol. The number of hydrogen-bond acceptors (Lipinski definition) is 4. The predicted molar refractivity (Wildman–Crippen MR) is 126 cm³/mol. The first-order chi connectivity index (χ1) is 14.2. The van der Waals surface area contributed by atoms with Gasteiger partial charge >= 0.3 is 0 Å². The highest BCUT2D eigenvalue weighted by molar-refractivity contribution is 6.10. The molecule has 29 heavy (non-hydrogen) atoms. The lowest BCUT2D eigenvalue weighted by molar-refractivity contribution is -0.126. The highest BCUT2D eigenvalue weighted by atomic mass is 16.2. The molecule has 1 amide bonds. The number of azo groups is 1. The van der Waals surface area contributed by atoms with Gasteiger partial charge in [-0.15, -0.1) is 0 Å². The second-order valence-electron chi connectivity index (χ2n) is 4.42. The maximum atomic E-state index is 12.1. The number of benzene rings is 2. The molecular weight excluding hydrogens is 362 g/mol. The summed E-state index contributed by atoms with van der Waals surface area (Å²) in [7, 11) is 0. The van der Waals surface area contributed by atoms with E-state index in [1.165, 1.54) is 6.92 Å². The van der Waals surface area contributed by atoms with Gasteiger partial charge in [-0.3, -0.25) is 9.59 Å². The Labute approximate surface area is 177 Å². The van der Waals surface area contributed by atoms with E-state index in [0.29, 0.717) is 11.4 Å². The van der Waals surface area contributed by atoms with Crippen molar-refractivity contribution in [2.45, 2.75) is 68.4 Å². The van der Waals surface area contributed by atoms with Gasteiger partial charge in [-0.2, -0.15) is 10.2 Å². The first-order valence-corrected chi connectivity index (χ1v) is 10.5. The van der Waals surface area contributed by atoms with Crippen LogP contribution in [-0.4, -0.2) is 17.7 Å². The summed E-state index contributed by atoms with van der Waals surface area (Å²) < 4.78 is 0. The topological polar surface area (TPSA) is 70.9 Å². The summed E-state index contributed by atoms with van der Waals surface area (Å²) >= 11 is 0. The van der Waals surface area contributed by atoms with E-state index in [1.54, 1.807) is 48.5 Å². The normalized spacial score (nSPS) is 9.55. The van der Waals surface area contributed by atoms with Crippen molar-refractivity contribution in [2.75, 3.05) is 5.32 Å². The van der Waals surface area contributed by atoms with E-state index in [-0.39, 0.29) is 5.78 Å². The van der Waals surface area contributed by atoms with Crippen LogP contribution in [0.4, 0.5) is 11.4 Å². The van der Waals surface area contributed by atoms with Gasteiger partial charge in [0.15, 0.2) is 5.78 Å². The van der Waals surface area contributed by atoms with Gasteiger partial charge in [0.25, 0.3) is 5.91 Å². The predicted octanol–water partition coefficient (Wildman–Crippen LogP) is 7.47. The Morgan fingerprint density at radius 2 is 1.14 bits per heavy atom. The molecule has 0 spiro atoms. The second-order valence-corrected chi connectivity index (χ2v) is 4.42. The number of nitrogens with one attached hydrogen (secondary N) is 1. The van der Waals surface area contributed by atoms with Crippen molar-refractivity contribution in [1.82, 2.24) is 0 Å². The molecule has 0 aliphatic carbocycles. The zero-order valence-corrected chi connectivity index (χ0v) is 19.6. The molecule has 0 saturated heterocycles. The molecule has 1 N–H and O–H groups in total. The highest BCUT2D eigenvalue weighted by Gasteiger charge is 2.23. The lowest BCUT2D eigenvalue weighted by Crippen LogP contribution is -2.31. The van der Waals surface area contributed by atoms with Crippen molar-refractivity contribution < 1.29 is 9.59 Å². The van der Waals surface area contributed by atoms with Gasteiger partial charge in [0.2, 0.25) is 6.04 Å². The first kappa shape index (κ1) is 30.9. The highest BCUT2D eigenvalue weighted by Crippen LogP contribution is 2.13. The van der Waals surface area contributed by atoms with E-state index in [4.69, 9.17) is 0 Å². The summed E-state index contributed by atoms with van der Waals surface area (Å²) in [6.07, 6.45) is 0. The third-order valence-electron chi connectivity index (χ3n) is 2.72. The molecule has 5 heteroatoms. The summed E-state index contributed by atoms with van der Waals surface area (Å²) in [5.74, 6) is -0.850. The van der Waals surface area contributed by atoms with Crippen molar-refractivity contribution in [1.29, 1.82) is 0 Å². The smallest absolute Gasteiger partial charge is 0.258 e. The van der Waals surface area contributed by atoms with Crippen LogP contribution in [0, 0.1) is 0 Å². The van der Waals surface area contributed by atoms with Gasteiger partial charge in [0.1, 0.15) is 0 Å². The van der Waals surface area contributed by atoms with Crippen molar-refractivity contribution in [3.63, 3.8) is 0 Å². The molecule has 2 rings (SSSR count). The summed E-state index contributed by atoms with van der Waals surface area (Å²) in [5, 5.41) is 10.4. The molecule has 162 valence electrons. The van der Waals surface area contributed by atoms with Gasteiger partial charge < -0.3 is 5.32 Å². The zero-order chi connectivity index (χ0) is 23.1. The maximum absolute atomic E-state index is 12.1. The Hall–Kier alpha value is -2.82. The largest absolute Gasteiger partial charge is 0.324 e.